The molecule has 2 saturated carbocycles. The van der Waals surface area contributed by atoms with E-state index in [0.29, 0.717) is 5.92 Å². The van der Waals surface area contributed by atoms with E-state index in [9.17, 15) is 5.26 Å². The van der Waals surface area contributed by atoms with Crippen molar-refractivity contribution in [3.05, 3.63) is 35.9 Å². The Hall–Kier alpha value is -1.37. The van der Waals surface area contributed by atoms with Gasteiger partial charge in [0, 0.05) is 18.8 Å². The first-order chi connectivity index (χ1) is 9.80. The van der Waals surface area contributed by atoms with Crippen LogP contribution >= 0.6 is 0 Å². The lowest BCUT2D eigenvalue weighted by molar-refractivity contribution is -0.185. The van der Waals surface area contributed by atoms with E-state index in [-0.39, 0.29) is 17.1 Å². The Morgan fingerprint density at radius 2 is 1.65 bits per heavy atom. The van der Waals surface area contributed by atoms with Crippen LogP contribution in [0.15, 0.2) is 30.3 Å². The summed E-state index contributed by atoms with van der Waals surface area (Å²) in [6, 6.07) is 13.1. The summed E-state index contributed by atoms with van der Waals surface area (Å²) in [6.07, 6.45) is 3.97. The fourth-order valence-corrected chi connectivity index (χ4v) is 4.38. The van der Waals surface area contributed by atoms with Gasteiger partial charge >= 0.3 is 0 Å². The van der Waals surface area contributed by atoms with Gasteiger partial charge in [-0.2, -0.15) is 5.26 Å². The van der Waals surface area contributed by atoms with Crippen molar-refractivity contribution in [3.8, 4) is 6.07 Å². The average molecular weight is 269 g/mol. The SMILES string of the molecule is N#C[C@H]1[C@@H](c2ccccc2)C12CCC1(CC2)OCCO1. The van der Waals surface area contributed by atoms with Crippen molar-refractivity contribution in [1.29, 1.82) is 5.26 Å². The topological polar surface area (TPSA) is 42.2 Å². The predicted octanol–water partition coefficient (Wildman–Crippen LogP) is 3.23. The second-order valence-electron chi connectivity index (χ2n) is 6.34. The third-order valence-corrected chi connectivity index (χ3v) is 5.52. The van der Waals surface area contributed by atoms with Gasteiger partial charge in [0.15, 0.2) is 5.79 Å². The third-order valence-electron chi connectivity index (χ3n) is 5.52. The lowest BCUT2D eigenvalue weighted by Crippen LogP contribution is -2.36. The van der Waals surface area contributed by atoms with Crippen LogP contribution in [-0.4, -0.2) is 19.0 Å². The van der Waals surface area contributed by atoms with Crippen LogP contribution < -0.4 is 0 Å². The van der Waals surface area contributed by atoms with Gasteiger partial charge in [-0.15, -0.1) is 0 Å². The third kappa shape index (κ3) is 1.65. The van der Waals surface area contributed by atoms with E-state index in [1.807, 2.05) is 6.07 Å². The summed E-state index contributed by atoms with van der Waals surface area (Å²) in [7, 11) is 0. The highest BCUT2D eigenvalue weighted by Gasteiger charge is 2.67. The zero-order valence-electron chi connectivity index (χ0n) is 11.5. The quantitative estimate of drug-likeness (QED) is 0.786. The maximum absolute atomic E-state index is 9.50. The number of hydrogen-bond acceptors (Lipinski definition) is 3. The molecule has 0 radical (unpaired) electrons. The molecule has 2 spiro atoms. The molecule has 4 rings (SSSR count). The summed E-state index contributed by atoms with van der Waals surface area (Å²) >= 11 is 0. The van der Waals surface area contributed by atoms with Crippen molar-refractivity contribution in [2.45, 2.75) is 37.4 Å². The first-order valence-corrected chi connectivity index (χ1v) is 7.52. The standard InChI is InChI=1S/C17H19NO2/c18-12-14-15(13-4-2-1-3-5-13)16(14)6-8-17(9-7-16)19-10-11-20-17/h1-5,14-15H,6-11H2/t14-,15+/m0/s1. The Morgan fingerprint density at radius 1 is 1.00 bits per heavy atom. The van der Waals surface area contributed by atoms with Crippen LogP contribution in [0.1, 0.15) is 37.2 Å². The largest absolute Gasteiger partial charge is 0.348 e. The van der Waals surface area contributed by atoms with Crippen LogP contribution in [0, 0.1) is 22.7 Å². The fraction of sp³-hybridized carbons (Fsp3) is 0.588. The lowest BCUT2D eigenvalue weighted by Gasteiger charge is -2.36. The molecule has 0 N–H and O–H groups in total. The predicted molar refractivity (Wildman–Crippen MR) is 73.8 cm³/mol. The minimum atomic E-state index is -0.324. The summed E-state index contributed by atoms with van der Waals surface area (Å²) in [5.41, 5.74) is 1.50. The minimum absolute atomic E-state index is 0.170. The fourth-order valence-electron chi connectivity index (χ4n) is 4.38. The molecule has 0 aromatic heterocycles. The Bertz CT molecular complexity index is 532. The highest BCUT2D eigenvalue weighted by Crippen LogP contribution is 2.72. The molecule has 1 saturated heterocycles. The van der Waals surface area contributed by atoms with Crippen LogP contribution in [0.4, 0.5) is 0 Å². The number of benzene rings is 1. The Morgan fingerprint density at radius 3 is 2.25 bits per heavy atom. The maximum Gasteiger partial charge on any atom is 0.168 e. The van der Waals surface area contributed by atoms with Gasteiger partial charge in [0.2, 0.25) is 0 Å². The highest BCUT2D eigenvalue weighted by atomic mass is 16.7. The molecule has 0 unspecified atom stereocenters. The van der Waals surface area contributed by atoms with Gasteiger partial charge in [-0.3, -0.25) is 0 Å². The van der Waals surface area contributed by atoms with Crippen LogP contribution in [0.5, 0.6) is 0 Å². The average Bonchev–Trinajstić information content (AvgIpc) is 2.89. The van der Waals surface area contributed by atoms with Crippen molar-refractivity contribution in [2.24, 2.45) is 11.3 Å². The smallest absolute Gasteiger partial charge is 0.168 e. The molecule has 2 aliphatic carbocycles. The van der Waals surface area contributed by atoms with E-state index < -0.39 is 0 Å². The molecular weight excluding hydrogens is 250 g/mol. The molecule has 3 heteroatoms. The Balaban J connectivity index is 1.56. The van der Waals surface area contributed by atoms with Crippen molar-refractivity contribution in [3.63, 3.8) is 0 Å². The second-order valence-corrected chi connectivity index (χ2v) is 6.34. The van der Waals surface area contributed by atoms with Crippen LogP contribution in [0.25, 0.3) is 0 Å². The number of ether oxygens (including phenoxy) is 2. The molecule has 104 valence electrons. The normalized spacial score (nSPS) is 33.1. The molecule has 0 bridgehead atoms. The van der Waals surface area contributed by atoms with E-state index in [1.165, 1.54) is 5.56 Å². The zero-order valence-corrected chi connectivity index (χ0v) is 11.5. The van der Waals surface area contributed by atoms with Gasteiger partial charge in [0.25, 0.3) is 0 Å². The van der Waals surface area contributed by atoms with E-state index in [2.05, 4.69) is 30.3 Å². The molecule has 1 aromatic rings. The molecule has 3 nitrogen and oxygen atoms in total. The van der Waals surface area contributed by atoms with Gasteiger partial charge in [0.1, 0.15) is 0 Å². The second kappa shape index (κ2) is 4.31. The van der Waals surface area contributed by atoms with Crippen molar-refractivity contribution in [2.75, 3.05) is 13.2 Å². The number of rotatable bonds is 1. The summed E-state index contributed by atoms with van der Waals surface area (Å²) in [5, 5.41) is 9.50. The van der Waals surface area contributed by atoms with E-state index >= 15 is 0 Å². The molecule has 1 aliphatic heterocycles. The van der Waals surface area contributed by atoms with E-state index in [4.69, 9.17) is 9.47 Å². The summed E-state index contributed by atoms with van der Waals surface area (Å²) < 4.78 is 11.6. The number of nitriles is 1. The molecule has 1 heterocycles. The molecule has 20 heavy (non-hydrogen) atoms. The molecular formula is C17H19NO2. The van der Waals surface area contributed by atoms with Crippen LogP contribution in [0.3, 0.4) is 0 Å². The summed E-state index contributed by atoms with van der Waals surface area (Å²) in [5.74, 6) is 0.255. The van der Waals surface area contributed by atoms with Crippen molar-refractivity contribution < 1.29 is 9.47 Å². The first kappa shape index (κ1) is 12.4. The zero-order chi connectivity index (χ0) is 13.6. The molecule has 3 aliphatic rings. The molecule has 1 aromatic carbocycles. The van der Waals surface area contributed by atoms with Gasteiger partial charge in [-0.25, -0.2) is 0 Å². The number of nitrogens with zero attached hydrogens (tertiary/aromatic N) is 1. The first-order valence-electron chi connectivity index (χ1n) is 7.52. The van der Waals surface area contributed by atoms with E-state index in [0.717, 1.165) is 38.9 Å². The maximum atomic E-state index is 9.50. The lowest BCUT2D eigenvalue weighted by atomic mass is 9.79. The molecule has 3 fully saturated rings. The van der Waals surface area contributed by atoms with Crippen molar-refractivity contribution in [1.82, 2.24) is 0 Å². The molecule has 2 atom stereocenters. The van der Waals surface area contributed by atoms with Gasteiger partial charge in [-0.05, 0) is 23.8 Å². The van der Waals surface area contributed by atoms with Crippen LogP contribution in [-0.2, 0) is 9.47 Å². The number of hydrogen-bond donors (Lipinski definition) is 0. The highest BCUT2D eigenvalue weighted by molar-refractivity contribution is 5.37. The van der Waals surface area contributed by atoms with Gasteiger partial charge in [0.05, 0.1) is 25.2 Å². The Kier molecular flexibility index (Phi) is 2.67. The summed E-state index contributed by atoms with van der Waals surface area (Å²) in [6.45, 7) is 1.44. The van der Waals surface area contributed by atoms with E-state index in [1.54, 1.807) is 0 Å². The van der Waals surface area contributed by atoms with Crippen molar-refractivity contribution >= 4 is 0 Å². The van der Waals surface area contributed by atoms with Gasteiger partial charge < -0.3 is 9.47 Å². The Labute approximate surface area is 119 Å². The minimum Gasteiger partial charge on any atom is -0.348 e. The van der Waals surface area contributed by atoms with Crippen LogP contribution in [0.2, 0.25) is 0 Å². The van der Waals surface area contributed by atoms with Gasteiger partial charge in [-0.1, -0.05) is 30.3 Å². The monoisotopic (exact) mass is 269 g/mol. The molecule has 0 amide bonds. The summed E-state index contributed by atoms with van der Waals surface area (Å²) in [4.78, 5) is 0.